The van der Waals surface area contributed by atoms with E-state index < -0.39 is 10.0 Å². The van der Waals surface area contributed by atoms with Gasteiger partial charge in [0.2, 0.25) is 0 Å². The molecule has 3 aromatic rings. The predicted molar refractivity (Wildman–Crippen MR) is 127 cm³/mol. The first-order valence-corrected chi connectivity index (χ1v) is 11.8. The Kier molecular flexibility index (Phi) is 7.20. The van der Waals surface area contributed by atoms with Crippen molar-refractivity contribution < 1.29 is 17.9 Å². The van der Waals surface area contributed by atoms with Crippen molar-refractivity contribution in [2.24, 2.45) is 0 Å². The summed E-state index contributed by atoms with van der Waals surface area (Å²) in [4.78, 5) is 13.4. The fraction of sp³-hybridized carbons (Fsp3) is 0.240. The van der Waals surface area contributed by atoms with Crippen LogP contribution in [0.15, 0.2) is 77.7 Å². The Balaban J connectivity index is 1.90. The van der Waals surface area contributed by atoms with Crippen molar-refractivity contribution in [2.75, 3.05) is 18.5 Å². The fourth-order valence-electron chi connectivity index (χ4n) is 3.60. The molecule has 3 aromatic carbocycles. The van der Waals surface area contributed by atoms with Gasteiger partial charge in [-0.25, -0.2) is 8.42 Å². The van der Waals surface area contributed by atoms with E-state index in [1.165, 1.54) is 19.2 Å². The summed E-state index contributed by atoms with van der Waals surface area (Å²) in [6, 6.07) is 20.4. The van der Waals surface area contributed by atoms with Gasteiger partial charge in [-0.3, -0.25) is 9.10 Å². The van der Waals surface area contributed by atoms with Gasteiger partial charge in [0.05, 0.1) is 29.3 Å². The zero-order chi connectivity index (χ0) is 23.3. The maximum atomic E-state index is 13.2. The smallest absolute Gasteiger partial charge is 0.264 e. The van der Waals surface area contributed by atoms with Crippen LogP contribution in [0.4, 0.5) is 5.69 Å². The molecule has 0 aliphatic heterocycles. The van der Waals surface area contributed by atoms with E-state index in [4.69, 9.17) is 4.74 Å². The Hall–Kier alpha value is -3.32. The maximum absolute atomic E-state index is 13.2. The van der Waals surface area contributed by atoms with Crippen LogP contribution in [0.3, 0.4) is 0 Å². The average molecular weight is 453 g/mol. The Labute approximate surface area is 189 Å². The number of nitrogens with one attached hydrogen (secondary N) is 1. The molecule has 0 saturated heterocycles. The molecule has 1 amide bonds. The van der Waals surface area contributed by atoms with Crippen molar-refractivity contribution in [1.82, 2.24) is 5.32 Å². The number of ether oxygens (including phenoxy) is 1. The molecule has 32 heavy (non-hydrogen) atoms. The molecule has 0 unspecified atom stereocenters. The number of rotatable bonds is 8. The van der Waals surface area contributed by atoms with Gasteiger partial charge in [-0.15, -0.1) is 0 Å². The second kappa shape index (κ2) is 9.87. The van der Waals surface area contributed by atoms with E-state index in [0.717, 1.165) is 21.2 Å². The number of hydrogen-bond acceptors (Lipinski definition) is 4. The highest BCUT2D eigenvalue weighted by Gasteiger charge is 2.25. The molecular formula is C25H28N2O4S. The zero-order valence-electron chi connectivity index (χ0n) is 18.7. The number of carbonyl (C=O) groups excluding carboxylic acids is 1. The number of methoxy groups -OCH3 is 1. The fourth-order valence-corrected chi connectivity index (χ4v) is 4.83. The van der Waals surface area contributed by atoms with Gasteiger partial charge in [0.25, 0.3) is 15.9 Å². The van der Waals surface area contributed by atoms with Crippen LogP contribution in [0.1, 0.15) is 40.9 Å². The van der Waals surface area contributed by atoms with E-state index in [-0.39, 0.29) is 22.4 Å². The van der Waals surface area contributed by atoms with Crippen molar-refractivity contribution in [1.29, 1.82) is 0 Å². The molecule has 0 heterocycles. The number of carbonyl (C=O) groups is 1. The van der Waals surface area contributed by atoms with Gasteiger partial charge in [0.1, 0.15) is 5.75 Å². The second-order valence-electron chi connectivity index (χ2n) is 7.47. The highest BCUT2D eigenvalue weighted by molar-refractivity contribution is 7.92. The molecule has 0 radical (unpaired) electrons. The molecular weight excluding hydrogens is 424 g/mol. The van der Waals surface area contributed by atoms with Gasteiger partial charge in [-0.2, -0.15) is 0 Å². The zero-order valence-corrected chi connectivity index (χ0v) is 19.5. The number of benzene rings is 3. The number of anilines is 1. The summed E-state index contributed by atoms with van der Waals surface area (Å²) < 4.78 is 32.6. The average Bonchev–Trinajstić information content (AvgIpc) is 2.82. The SMILES string of the molecule is CC[C@@H](NC(=O)c1ccccc1N(C)S(=O)(=O)c1ccccc1)c1ccc(OC)c(C)c1. The Morgan fingerprint density at radius 2 is 1.69 bits per heavy atom. The van der Waals surface area contributed by atoms with Gasteiger partial charge in [0.15, 0.2) is 0 Å². The number of amides is 1. The van der Waals surface area contributed by atoms with Gasteiger partial charge < -0.3 is 10.1 Å². The van der Waals surface area contributed by atoms with E-state index in [1.807, 2.05) is 32.0 Å². The van der Waals surface area contributed by atoms with Crippen LogP contribution in [0, 0.1) is 6.92 Å². The number of nitrogens with zero attached hydrogens (tertiary/aromatic N) is 1. The molecule has 0 spiro atoms. The van der Waals surface area contributed by atoms with Crippen molar-refractivity contribution in [3.05, 3.63) is 89.5 Å². The molecule has 1 atom stereocenters. The number of aryl methyl sites for hydroxylation is 1. The van der Waals surface area contributed by atoms with Crippen LogP contribution < -0.4 is 14.4 Å². The molecule has 3 rings (SSSR count). The molecule has 0 aromatic heterocycles. The standard InChI is InChI=1S/C25H28N2O4S/c1-5-22(19-15-16-24(31-4)18(2)17-19)26-25(28)21-13-9-10-14-23(21)27(3)32(29,30)20-11-7-6-8-12-20/h6-17,22H,5H2,1-4H3,(H,26,28)/t22-/m1/s1. The molecule has 0 aliphatic rings. The van der Waals surface area contributed by atoms with Gasteiger partial charge in [-0.1, -0.05) is 49.4 Å². The monoisotopic (exact) mass is 452 g/mol. The largest absolute Gasteiger partial charge is 0.496 e. The van der Waals surface area contributed by atoms with Gasteiger partial charge in [-0.05, 0) is 54.8 Å². The Bertz CT molecular complexity index is 1190. The minimum absolute atomic E-state index is 0.165. The molecule has 1 N–H and O–H groups in total. The third-order valence-electron chi connectivity index (χ3n) is 5.42. The summed E-state index contributed by atoms with van der Waals surface area (Å²) in [5, 5.41) is 3.05. The first-order chi connectivity index (χ1) is 15.3. The second-order valence-corrected chi connectivity index (χ2v) is 9.44. The molecule has 0 bridgehead atoms. The summed E-state index contributed by atoms with van der Waals surface area (Å²) in [5.74, 6) is 0.448. The molecule has 7 heteroatoms. The van der Waals surface area contributed by atoms with Crippen LogP contribution in [0.2, 0.25) is 0 Å². The lowest BCUT2D eigenvalue weighted by molar-refractivity contribution is 0.0936. The summed E-state index contributed by atoms with van der Waals surface area (Å²) >= 11 is 0. The summed E-state index contributed by atoms with van der Waals surface area (Å²) in [5.41, 5.74) is 2.54. The minimum Gasteiger partial charge on any atom is -0.496 e. The third kappa shape index (κ3) is 4.78. The normalized spacial score (nSPS) is 12.1. The molecule has 6 nitrogen and oxygen atoms in total. The predicted octanol–water partition coefficient (Wildman–Crippen LogP) is 4.71. The molecule has 0 saturated carbocycles. The van der Waals surface area contributed by atoms with E-state index in [9.17, 15) is 13.2 Å². The van der Waals surface area contributed by atoms with Crippen LogP contribution in [-0.2, 0) is 10.0 Å². The first kappa shape index (κ1) is 23.3. The Morgan fingerprint density at radius 3 is 2.31 bits per heavy atom. The first-order valence-electron chi connectivity index (χ1n) is 10.4. The topological polar surface area (TPSA) is 75.7 Å². The van der Waals surface area contributed by atoms with Crippen LogP contribution in [0.25, 0.3) is 0 Å². The van der Waals surface area contributed by atoms with Gasteiger partial charge in [0, 0.05) is 7.05 Å². The lowest BCUT2D eigenvalue weighted by Crippen LogP contribution is -2.32. The summed E-state index contributed by atoms with van der Waals surface area (Å²) in [6.07, 6.45) is 0.678. The van der Waals surface area contributed by atoms with Crippen molar-refractivity contribution in [3.63, 3.8) is 0 Å². The van der Waals surface area contributed by atoms with Crippen LogP contribution in [0.5, 0.6) is 5.75 Å². The lowest BCUT2D eigenvalue weighted by atomic mass is 10.0. The van der Waals surface area contributed by atoms with Crippen molar-refractivity contribution in [3.8, 4) is 5.75 Å². The number of sulfonamides is 1. The number of hydrogen-bond donors (Lipinski definition) is 1. The molecule has 0 aliphatic carbocycles. The Morgan fingerprint density at radius 1 is 1.03 bits per heavy atom. The molecule has 168 valence electrons. The van der Waals surface area contributed by atoms with E-state index in [0.29, 0.717) is 12.1 Å². The van der Waals surface area contributed by atoms with Crippen molar-refractivity contribution >= 4 is 21.6 Å². The highest BCUT2D eigenvalue weighted by Crippen LogP contribution is 2.28. The summed E-state index contributed by atoms with van der Waals surface area (Å²) in [7, 11) is -0.728. The third-order valence-corrected chi connectivity index (χ3v) is 7.21. The van der Waals surface area contributed by atoms with Crippen LogP contribution in [-0.4, -0.2) is 28.5 Å². The number of para-hydroxylation sites is 1. The highest BCUT2D eigenvalue weighted by atomic mass is 32.2. The van der Waals surface area contributed by atoms with Gasteiger partial charge >= 0.3 is 0 Å². The van der Waals surface area contributed by atoms with E-state index >= 15 is 0 Å². The maximum Gasteiger partial charge on any atom is 0.264 e. The van der Waals surface area contributed by atoms with Crippen molar-refractivity contribution in [2.45, 2.75) is 31.2 Å². The minimum atomic E-state index is -3.81. The lowest BCUT2D eigenvalue weighted by Gasteiger charge is -2.24. The van der Waals surface area contributed by atoms with E-state index in [1.54, 1.807) is 49.6 Å². The van der Waals surface area contributed by atoms with Crippen LogP contribution >= 0.6 is 0 Å². The quantitative estimate of drug-likeness (QED) is 0.537. The summed E-state index contributed by atoms with van der Waals surface area (Å²) in [6.45, 7) is 3.94. The van der Waals surface area contributed by atoms with E-state index in [2.05, 4.69) is 5.32 Å². The molecule has 0 fully saturated rings.